The van der Waals surface area contributed by atoms with E-state index in [9.17, 15) is 0 Å². The minimum atomic E-state index is 0.618. The van der Waals surface area contributed by atoms with Crippen molar-refractivity contribution in [3.05, 3.63) is 18.5 Å². The third kappa shape index (κ3) is 3.06. The average molecular weight is 318 g/mol. The zero-order chi connectivity index (χ0) is 15.8. The van der Waals surface area contributed by atoms with Crippen LogP contribution in [0, 0.1) is 5.92 Å². The van der Waals surface area contributed by atoms with Crippen molar-refractivity contribution in [3.8, 4) is 0 Å². The van der Waals surface area contributed by atoms with Crippen molar-refractivity contribution < 1.29 is 4.74 Å². The van der Waals surface area contributed by atoms with Gasteiger partial charge in [-0.15, -0.1) is 0 Å². The van der Waals surface area contributed by atoms with Gasteiger partial charge in [-0.2, -0.15) is 5.10 Å². The maximum Gasteiger partial charge on any atom is 0.0622 e. The van der Waals surface area contributed by atoms with Crippen LogP contribution in [0.2, 0.25) is 0 Å². The summed E-state index contributed by atoms with van der Waals surface area (Å²) >= 11 is 0. The summed E-state index contributed by atoms with van der Waals surface area (Å²) in [7, 11) is 0. The van der Waals surface area contributed by atoms with Crippen LogP contribution in [0.25, 0.3) is 0 Å². The van der Waals surface area contributed by atoms with E-state index in [1.807, 2.05) is 12.3 Å². The molecule has 0 aromatic carbocycles. The second-order valence-corrected chi connectivity index (χ2v) is 7.79. The zero-order valence-electron chi connectivity index (χ0n) is 14.5. The molecule has 0 amide bonds. The number of hydrogen-bond acceptors (Lipinski definition) is 4. The Bertz CT molecular complexity index is 497. The molecule has 0 N–H and O–H groups in total. The Morgan fingerprint density at radius 1 is 1.30 bits per heavy atom. The standard InChI is InChI=1S/C18H30N4O/c1-14(2)22-17(12-21-7-3-6-19-21)10-15-11-20(8-4-18(15)22)16-5-9-23-13-16/h3,6-7,14-18H,4-5,8-13H2,1-2H3/t15-,16-,17+,18+/m1/s1. The summed E-state index contributed by atoms with van der Waals surface area (Å²) in [5.74, 6) is 0.812. The second-order valence-electron chi connectivity index (χ2n) is 7.79. The molecular weight excluding hydrogens is 288 g/mol. The molecule has 3 fully saturated rings. The quantitative estimate of drug-likeness (QED) is 0.848. The summed E-state index contributed by atoms with van der Waals surface area (Å²) in [4.78, 5) is 5.50. The van der Waals surface area contributed by atoms with E-state index in [4.69, 9.17) is 4.74 Å². The fraction of sp³-hybridized carbons (Fsp3) is 0.833. The van der Waals surface area contributed by atoms with E-state index in [2.05, 4.69) is 39.6 Å². The molecule has 0 saturated carbocycles. The molecule has 3 aliphatic heterocycles. The lowest BCUT2D eigenvalue weighted by Gasteiger charge is -2.42. The Morgan fingerprint density at radius 3 is 2.91 bits per heavy atom. The third-order valence-corrected chi connectivity index (χ3v) is 6.08. The van der Waals surface area contributed by atoms with Gasteiger partial charge in [0.15, 0.2) is 0 Å². The first-order chi connectivity index (χ1) is 11.2. The van der Waals surface area contributed by atoms with Gasteiger partial charge >= 0.3 is 0 Å². The molecule has 1 aromatic rings. The van der Waals surface area contributed by atoms with Crippen LogP contribution in [0.15, 0.2) is 18.5 Å². The van der Waals surface area contributed by atoms with E-state index in [1.165, 1.54) is 32.4 Å². The van der Waals surface area contributed by atoms with Crippen LogP contribution in [-0.2, 0) is 11.3 Å². The van der Waals surface area contributed by atoms with Crippen LogP contribution in [0.5, 0.6) is 0 Å². The molecular formula is C18H30N4O. The summed E-state index contributed by atoms with van der Waals surface area (Å²) in [6.07, 6.45) is 7.84. The topological polar surface area (TPSA) is 33.5 Å². The Morgan fingerprint density at radius 2 is 2.22 bits per heavy atom. The van der Waals surface area contributed by atoms with Crippen LogP contribution >= 0.6 is 0 Å². The van der Waals surface area contributed by atoms with Crippen molar-refractivity contribution in [3.63, 3.8) is 0 Å². The van der Waals surface area contributed by atoms with Crippen LogP contribution < -0.4 is 0 Å². The Labute approximate surface area is 139 Å². The SMILES string of the molecule is CC(C)N1[C@H](Cn2cccn2)C[C@@H]2CN([C@@H]3CCOC3)CC[C@@H]21. The first-order valence-corrected chi connectivity index (χ1v) is 9.29. The van der Waals surface area contributed by atoms with Crippen molar-refractivity contribution in [1.82, 2.24) is 19.6 Å². The van der Waals surface area contributed by atoms with Crippen LogP contribution in [0.3, 0.4) is 0 Å². The van der Waals surface area contributed by atoms with Crippen LogP contribution in [0.4, 0.5) is 0 Å². The highest BCUT2D eigenvalue weighted by atomic mass is 16.5. The van der Waals surface area contributed by atoms with Gasteiger partial charge < -0.3 is 4.74 Å². The van der Waals surface area contributed by atoms with Crippen molar-refractivity contribution in [2.45, 2.75) is 63.8 Å². The number of hydrogen-bond donors (Lipinski definition) is 0. The summed E-state index contributed by atoms with van der Waals surface area (Å²) in [5, 5.41) is 4.43. The molecule has 3 aliphatic rings. The summed E-state index contributed by atoms with van der Waals surface area (Å²) in [5.41, 5.74) is 0. The monoisotopic (exact) mass is 318 g/mol. The molecule has 1 aromatic heterocycles. The van der Waals surface area contributed by atoms with Gasteiger partial charge in [0.2, 0.25) is 0 Å². The molecule has 128 valence electrons. The summed E-state index contributed by atoms with van der Waals surface area (Å²) in [6.45, 7) is 10.2. The lowest BCUT2D eigenvalue weighted by molar-refractivity contribution is 0.0518. The minimum Gasteiger partial charge on any atom is -0.380 e. The van der Waals surface area contributed by atoms with Crippen molar-refractivity contribution in [2.75, 3.05) is 26.3 Å². The first-order valence-electron chi connectivity index (χ1n) is 9.29. The van der Waals surface area contributed by atoms with E-state index in [0.29, 0.717) is 18.1 Å². The maximum atomic E-state index is 5.61. The number of likely N-dealkylation sites (tertiary alicyclic amines) is 2. The molecule has 4 atom stereocenters. The van der Waals surface area contributed by atoms with Gasteiger partial charge in [-0.3, -0.25) is 14.5 Å². The molecule has 0 bridgehead atoms. The van der Waals surface area contributed by atoms with Crippen molar-refractivity contribution in [1.29, 1.82) is 0 Å². The Hall–Kier alpha value is -0.910. The van der Waals surface area contributed by atoms with Gasteiger partial charge in [0.05, 0.1) is 13.2 Å². The van der Waals surface area contributed by atoms with E-state index in [1.54, 1.807) is 0 Å². The van der Waals surface area contributed by atoms with Crippen LogP contribution in [-0.4, -0.2) is 70.1 Å². The fourth-order valence-electron chi connectivity index (χ4n) is 5.15. The van der Waals surface area contributed by atoms with E-state index < -0.39 is 0 Å². The van der Waals surface area contributed by atoms with E-state index in [-0.39, 0.29) is 0 Å². The number of piperidine rings is 1. The molecule has 4 heterocycles. The van der Waals surface area contributed by atoms with Gasteiger partial charge in [-0.05, 0) is 45.1 Å². The largest absolute Gasteiger partial charge is 0.380 e. The normalized spacial score (nSPS) is 36.0. The highest BCUT2D eigenvalue weighted by Crippen LogP contribution is 2.38. The van der Waals surface area contributed by atoms with E-state index in [0.717, 1.165) is 31.7 Å². The molecule has 23 heavy (non-hydrogen) atoms. The number of fused-ring (bicyclic) bond motifs is 1. The highest BCUT2D eigenvalue weighted by molar-refractivity contribution is 5.00. The van der Waals surface area contributed by atoms with Gasteiger partial charge in [-0.1, -0.05) is 0 Å². The number of ether oxygens (including phenoxy) is 1. The number of rotatable bonds is 4. The Kier molecular flexibility index (Phi) is 4.43. The number of aromatic nitrogens is 2. The van der Waals surface area contributed by atoms with Crippen LogP contribution in [0.1, 0.15) is 33.1 Å². The van der Waals surface area contributed by atoms with Gasteiger partial charge in [-0.25, -0.2) is 0 Å². The second kappa shape index (κ2) is 6.54. The zero-order valence-corrected chi connectivity index (χ0v) is 14.5. The predicted molar refractivity (Wildman–Crippen MR) is 90.3 cm³/mol. The molecule has 0 unspecified atom stereocenters. The molecule has 5 heteroatoms. The average Bonchev–Trinajstić information content (AvgIpc) is 3.27. The van der Waals surface area contributed by atoms with Crippen molar-refractivity contribution >= 4 is 0 Å². The Balaban J connectivity index is 1.46. The summed E-state index contributed by atoms with van der Waals surface area (Å²) in [6, 6.07) is 4.71. The highest BCUT2D eigenvalue weighted by Gasteiger charge is 2.45. The summed E-state index contributed by atoms with van der Waals surface area (Å²) < 4.78 is 7.72. The molecule has 3 saturated heterocycles. The fourth-order valence-corrected chi connectivity index (χ4v) is 5.15. The van der Waals surface area contributed by atoms with Gasteiger partial charge in [0, 0.05) is 56.3 Å². The maximum absolute atomic E-state index is 5.61. The smallest absolute Gasteiger partial charge is 0.0622 e. The predicted octanol–water partition coefficient (Wildman–Crippen LogP) is 1.85. The van der Waals surface area contributed by atoms with Gasteiger partial charge in [0.25, 0.3) is 0 Å². The lowest BCUT2D eigenvalue weighted by Crippen LogP contribution is -2.52. The van der Waals surface area contributed by atoms with E-state index >= 15 is 0 Å². The molecule has 0 aliphatic carbocycles. The molecule has 0 radical (unpaired) electrons. The van der Waals surface area contributed by atoms with Gasteiger partial charge in [0.1, 0.15) is 0 Å². The lowest BCUT2D eigenvalue weighted by atomic mass is 9.91. The number of nitrogens with zero attached hydrogens (tertiary/aromatic N) is 4. The minimum absolute atomic E-state index is 0.618. The molecule has 0 spiro atoms. The third-order valence-electron chi connectivity index (χ3n) is 6.08. The molecule has 5 nitrogen and oxygen atoms in total. The first kappa shape index (κ1) is 15.6. The molecule has 4 rings (SSSR count). The van der Waals surface area contributed by atoms with Crippen molar-refractivity contribution in [2.24, 2.45) is 5.92 Å².